The van der Waals surface area contributed by atoms with Gasteiger partial charge in [0, 0.05) is 62.2 Å². The van der Waals surface area contributed by atoms with Crippen LogP contribution in [0.5, 0.6) is 0 Å². The predicted octanol–water partition coefficient (Wildman–Crippen LogP) is 2.64. The van der Waals surface area contributed by atoms with Crippen molar-refractivity contribution in [1.82, 2.24) is 14.4 Å². The molecular formula is C17H20ClN3O. The highest BCUT2D eigenvalue weighted by atomic mass is 35.5. The normalized spacial score (nSPS) is 16.0. The zero-order chi connectivity index (χ0) is 15.5. The third-order valence-corrected chi connectivity index (χ3v) is 4.40. The summed E-state index contributed by atoms with van der Waals surface area (Å²) in [4.78, 5) is 16.8. The number of carbonyl (C=O) groups excluding carboxylic acids is 1. The first-order valence-corrected chi connectivity index (χ1v) is 7.89. The number of aryl methyl sites for hydroxylation is 1. The molecule has 1 fully saturated rings. The molecule has 1 aliphatic rings. The fourth-order valence-corrected chi connectivity index (χ4v) is 2.99. The van der Waals surface area contributed by atoms with Crippen molar-refractivity contribution in [1.29, 1.82) is 0 Å². The van der Waals surface area contributed by atoms with Crippen molar-refractivity contribution in [2.45, 2.75) is 6.54 Å². The van der Waals surface area contributed by atoms with Gasteiger partial charge in [-0.05, 0) is 30.3 Å². The molecule has 0 saturated carbocycles. The number of benzene rings is 1. The van der Waals surface area contributed by atoms with Gasteiger partial charge in [0.05, 0.1) is 0 Å². The van der Waals surface area contributed by atoms with Crippen LogP contribution in [0.3, 0.4) is 0 Å². The molecule has 22 heavy (non-hydrogen) atoms. The van der Waals surface area contributed by atoms with Gasteiger partial charge in [0.25, 0.3) is 5.91 Å². The zero-order valence-corrected chi connectivity index (χ0v) is 13.5. The number of hydrogen-bond donors (Lipinski definition) is 0. The maximum Gasteiger partial charge on any atom is 0.253 e. The lowest BCUT2D eigenvalue weighted by Crippen LogP contribution is -2.48. The number of amides is 1. The van der Waals surface area contributed by atoms with Crippen molar-refractivity contribution in [2.24, 2.45) is 7.05 Å². The van der Waals surface area contributed by atoms with Gasteiger partial charge in [-0.1, -0.05) is 17.7 Å². The molecular weight excluding hydrogens is 298 g/mol. The molecule has 0 N–H and O–H groups in total. The zero-order valence-electron chi connectivity index (χ0n) is 12.7. The van der Waals surface area contributed by atoms with Crippen LogP contribution in [0.2, 0.25) is 5.02 Å². The van der Waals surface area contributed by atoms with Gasteiger partial charge in [-0.3, -0.25) is 9.69 Å². The SMILES string of the molecule is Cn1cccc1CN1CCN(C(=O)c2cccc(Cl)c2)CC1. The van der Waals surface area contributed by atoms with Gasteiger partial charge >= 0.3 is 0 Å². The molecule has 2 aromatic rings. The Balaban J connectivity index is 1.57. The van der Waals surface area contributed by atoms with E-state index in [9.17, 15) is 4.79 Å². The van der Waals surface area contributed by atoms with Crippen LogP contribution in [-0.4, -0.2) is 46.5 Å². The Morgan fingerprint density at radius 1 is 1.14 bits per heavy atom. The minimum absolute atomic E-state index is 0.0704. The maximum atomic E-state index is 12.5. The van der Waals surface area contributed by atoms with E-state index in [-0.39, 0.29) is 5.91 Å². The summed E-state index contributed by atoms with van der Waals surface area (Å²) < 4.78 is 2.14. The summed E-state index contributed by atoms with van der Waals surface area (Å²) in [6.07, 6.45) is 2.06. The van der Waals surface area contributed by atoms with E-state index < -0.39 is 0 Å². The third-order valence-electron chi connectivity index (χ3n) is 4.17. The van der Waals surface area contributed by atoms with Gasteiger partial charge in [-0.15, -0.1) is 0 Å². The number of nitrogens with zero attached hydrogens (tertiary/aromatic N) is 3. The van der Waals surface area contributed by atoms with E-state index in [0.717, 1.165) is 32.7 Å². The Morgan fingerprint density at radius 2 is 1.91 bits per heavy atom. The van der Waals surface area contributed by atoms with Gasteiger partial charge < -0.3 is 9.47 Å². The molecule has 0 atom stereocenters. The number of rotatable bonds is 3. The van der Waals surface area contributed by atoms with Crippen LogP contribution in [0.15, 0.2) is 42.6 Å². The van der Waals surface area contributed by atoms with Crippen LogP contribution >= 0.6 is 11.6 Å². The largest absolute Gasteiger partial charge is 0.353 e. The van der Waals surface area contributed by atoms with Crippen LogP contribution in [0.25, 0.3) is 0 Å². The maximum absolute atomic E-state index is 12.5. The van der Waals surface area contributed by atoms with Crippen LogP contribution in [0.1, 0.15) is 16.1 Å². The van der Waals surface area contributed by atoms with E-state index in [2.05, 4.69) is 34.8 Å². The summed E-state index contributed by atoms with van der Waals surface area (Å²) in [7, 11) is 2.06. The van der Waals surface area contributed by atoms with Gasteiger partial charge in [-0.2, -0.15) is 0 Å². The second-order valence-corrected chi connectivity index (χ2v) is 6.13. The Hall–Kier alpha value is -1.78. The molecule has 1 amide bonds. The standard InChI is InChI=1S/C17H20ClN3O/c1-19-7-3-6-16(19)13-20-8-10-21(11-9-20)17(22)14-4-2-5-15(18)12-14/h2-7,12H,8-11,13H2,1H3. The van der Waals surface area contributed by atoms with Gasteiger partial charge in [-0.25, -0.2) is 0 Å². The second-order valence-electron chi connectivity index (χ2n) is 5.69. The summed E-state index contributed by atoms with van der Waals surface area (Å²) in [5, 5.41) is 0.605. The van der Waals surface area contributed by atoms with Crippen LogP contribution in [0.4, 0.5) is 0 Å². The summed E-state index contributed by atoms with van der Waals surface area (Å²) in [6.45, 7) is 4.25. The first kappa shape index (κ1) is 15.1. The Bertz CT molecular complexity index is 659. The molecule has 0 bridgehead atoms. The molecule has 1 aromatic heterocycles. The lowest BCUT2D eigenvalue weighted by molar-refractivity contribution is 0.0626. The van der Waals surface area contributed by atoms with Gasteiger partial charge in [0.2, 0.25) is 0 Å². The van der Waals surface area contributed by atoms with E-state index in [0.29, 0.717) is 10.6 Å². The Labute approximate surface area is 135 Å². The van der Waals surface area contributed by atoms with Crippen molar-refractivity contribution in [3.63, 3.8) is 0 Å². The minimum Gasteiger partial charge on any atom is -0.353 e. The summed E-state index contributed by atoms with van der Waals surface area (Å²) in [6, 6.07) is 11.4. The number of hydrogen-bond acceptors (Lipinski definition) is 2. The van der Waals surface area contributed by atoms with Crippen molar-refractivity contribution < 1.29 is 4.79 Å². The lowest BCUT2D eigenvalue weighted by atomic mass is 10.2. The first-order chi connectivity index (χ1) is 10.6. The highest BCUT2D eigenvalue weighted by Crippen LogP contribution is 2.15. The van der Waals surface area contributed by atoms with E-state index in [1.807, 2.05) is 17.0 Å². The van der Waals surface area contributed by atoms with Crippen molar-refractivity contribution in [3.8, 4) is 0 Å². The van der Waals surface area contributed by atoms with E-state index in [4.69, 9.17) is 11.6 Å². The fraction of sp³-hybridized carbons (Fsp3) is 0.353. The average molecular weight is 318 g/mol. The van der Waals surface area contributed by atoms with E-state index >= 15 is 0 Å². The molecule has 1 aromatic carbocycles. The van der Waals surface area contributed by atoms with Gasteiger partial charge in [0.1, 0.15) is 0 Å². The van der Waals surface area contributed by atoms with Crippen LogP contribution in [0, 0.1) is 0 Å². The molecule has 0 radical (unpaired) electrons. The lowest BCUT2D eigenvalue weighted by Gasteiger charge is -2.34. The molecule has 2 heterocycles. The molecule has 5 heteroatoms. The highest BCUT2D eigenvalue weighted by Gasteiger charge is 2.22. The molecule has 116 valence electrons. The molecule has 0 aliphatic carbocycles. The number of piperazine rings is 1. The number of halogens is 1. The second kappa shape index (κ2) is 6.55. The smallest absolute Gasteiger partial charge is 0.253 e. The van der Waals surface area contributed by atoms with Crippen molar-refractivity contribution in [2.75, 3.05) is 26.2 Å². The van der Waals surface area contributed by atoms with Gasteiger partial charge in [0.15, 0.2) is 0 Å². The molecule has 4 nitrogen and oxygen atoms in total. The minimum atomic E-state index is 0.0704. The number of carbonyl (C=O) groups is 1. The van der Waals surface area contributed by atoms with Crippen molar-refractivity contribution in [3.05, 3.63) is 58.9 Å². The average Bonchev–Trinajstić information content (AvgIpc) is 2.92. The molecule has 1 saturated heterocycles. The summed E-state index contributed by atoms with van der Waals surface area (Å²) in [5.74, 6) is 0.0704. The van der Waals surface area contributed by atoms with Crippen LogP contribution in [-0.2, 0) is 13.6 Å². The fourth-order valence-electron chi connectivity index (χ4n) is 2.80. The topological polar surface area (TPSA) is 28.5 Å². The summed E-state index contributed by atoms with van der Waals surface area (Å²) >= 11 is 5.96. The molecule has 1 aliphatic heterocycles. The van der Waals surface area contributed by atoms with E-state index in [1.165, 1.54) is 5.69 Å². The molecule has 3 rings (SSSR count). The first-order valence-electron chi connectivity index (χ1n) is 7.51. The number of aromatic nitrogens is 1. The summed E-state index contributed by atoms with van der Waals surface area (Å²) in [5.41, 5.74) is 1.97. The molecule has 0 unspecified atom stereocenters. The predicted molar refractivity (Wildman–Crippen MR) is 88.0 cm³/mol. The van der Waals surface area contributed by atoms with Crippen molar-refractivity contribution >= 4 is 17.5 Å². The highest BCUT2D eigenvalue weighted by molar-refractivity contribution is 6.30. The third kappa shape index (κ3) is 3.34. The monoisotopic (exact) mass is 317 g/mol. The Morgan fingerprint density at radius 3 is 2.55 bits per heavy atom. The van der Waals surface area contributed by atoms with E-state index in [1.54, 1.807) is 12.1 Å². The Kier molecular flexibility index (Phi) is 4.50. The van der Waals surface area contributed by atoms with Crippen LogP contribution < -0.4 is 0 Å². The quantitative estimate of drug-likeness (QED) is 0.870. The molecule has 0 spiro atoms.